The SMILES string of the molecule is O=C1C2C(C(=O)N1c1ccc(Cl)cc1)[C@@H]1C[C@H]2C2Sc3[nH]c(=O)sc3C(c3cc([N+](=O)[O-])ccc3OCc3cccc(Cl)c3)C21. The van der Waals surface area contributed by atoms with E-state index in [-0.39, 0.29) is 52.0 Å². The van der Waals surface area contributed by atoms with Crippen LogP contribution in [0.4, 0.5) is 11.4 Å². The van der Waals surface area contributed by atoms with Gasteiger partial charge in [-0.2, -0.15) is 0 Å². The highest BCUT2D eigenvalue weighted by Crippen LogP contribution is 2.69. The predicted octanol–water partition coefficient (Wildman–Crippen LogP) is 6.91. The third-order valence-corrected chi connectivity index (χ3v) is 12.7. The number of thioether (sulfide) groups is 1. The summed E-state index contributed by atoms with van der Waals surface area (Å²) < 4.78 is 6.31. The molecule has 0 radical (unpaired) electrons. The van der Waals surface area contributed by atoms with Crippen LogP contribution in [0.2, 0.25) is 10.0 Å². The van der Waals surface area contributed by atoms with Crippen LogP contribution in [0.3, 0.4) is 0 Å². The van der Waals surface area contributed by atoms with Crippen LogP contribution in [0.1, 0.15) is 28.3 Å². The smallest absolute Gasteiger partial charge is 0.305 e. The number of H-pyrrole nitrogens is 1. The van der Waals surface area contributed by atoms with Gasteiger partial charge in [-0.3, -0.25) is 29.4 Å². The highest BCUT2D eigenvalue weighted by Gasteiger charge is 2.70. The summed E-state index contributed by atoms with van der Waals surface area (Å²) in [7, 11) is 0. The van der Waals surface area contributed by atoms with E-state index in [1.165, 1.54) is 17.0 Å². The molecule has 2 bridgehead atoms. The van der Waals surface area contributed by atoms with Gasteiger partial charge in [0.25, 0.3) is 5.69 Å². The zero-order chi connectivity index (χ0) is 31.1. The zero-order valence-electron chi connectivity index (χ0n) is 23.2. The maximum Gasteiger partial charge on any atom is 0.305 e. The summed E-state index contributed by atoms with van der Waals surface area (Å²) in [5.41, 5.74) is 1.82. The molecule has 4 aromatic rings. The lowest BCUT2D eigenvalue weighted by atomic mass is 9.68. The Kier molecular flexibility index (Phi) is 6.86. The topological polar surface area (TPSA) is 123 Å². The molecular formula is C32H23Cl2N3O6S2. The number of benzene rings is 3. The van der Waals surface area contributed by atoms with E-state index < -0.39 is 22.7 Å². The quantitative estimate of drug-likeness (QED) is 0.133. The number of nitro benzene ring substituents is 1. The number of amides is 2. The van der Waals surface area contributed by atoms with E-state index in [0.29, 0.717) is 38.5 Å². The summed E-state index contributed by atoms with van der Waals surface area (Å²) in [5, 5.41) is 13.7. The lowest BCUT2D eigenvalue weighted by molar-refractivity contribution is -0.385. The highest BCUT2D eigenvalue weighted by atomic mass is 35.5. The van der Waals surface area contributed by atoms with Gasteiger partial charge in [0.05, 0.1) is 27.5 Å². The van der Waals surface area contributed by atoms with Gasteiger partial charge >= 0.3 is 4.87 Å². The first-order valence-corrected chi connectivity index (χ1v) is 16.8. The molecule has 4 aliphatic rings. The van der Waals surface area contributed by atoms with Crippen LogP contribution in [-0.4, -0.2) is 27.0 Å². The molecule has 2 amide bonds. The molecular weight excluding hydrogens is 657 g/mol. The van der Waals surface area contributed by atoms with E-state index in [1.54, 1.807) is 54.2 Å². The van der Waals surface area contributed by atoms with Crippen LogP contribution in [-0.2, 0) is 16.2 Å². The van der Waals surface area contributed by atoms with Crippen molar-refractivity contribution in [1.82, 2.24) is 4.98 Å². The highest BCUT2D eigenvalue weighted by molar-refractivity contribution is 8.00. The van der Waals surface area contributed by atoms with Crippen LogP contribution >= 0.6 is 46.3 Å². The molecule has 3 aromatic carbocycles. The number of carbonyl (C=O) groups excluding carboxylic acids is 2. The summed E-state index contributed by atoms with van der Waals surface area (Å²) >= 11 is 14.9. The number of nitrogens with zero attached hydrogens (tertiary/aromatic N) is 2. The number of nitro groups is 1. The number of halogens is 2. The minimum atomic E-state index is -0.519. The number of fused-ring (bicyclic) bond motifs is 9. The van der Waals surface area contributed by atoms with Crippen molar-refractivity contribution in [2.75, 3.05) is 4.90 Å². The van der Waals surface area contributed by atoms with Crippen molar-refractivity contribution in [1.29, 1.82) is 0 Å². The maximum absolute atomic E-state index is 14.0. The number of hydrogen-bond donors (Lipinski definition) is 1. The lowest BCUT2D eigenvalue weighted by Gasteiger charge is -2.43. The van der Waals surface area contributed by atoms with Gasteiger partial charge in [-0.15, -0.1) is 11.8 Å². The first kappa shape index (κ1) is 28.8. The number of thiazole rings is 1. The number of ether oxygens (including phenoxy) is 1. The second-order valence-electron chi connectivity index (χ2n) is 11.8. The second kappa shape index (κ2) is 10.7. The van der Waals surface area contributed by atoms with E-state index in [0.717, 1.165) is 21.8 Å². The molecule has 1 aromatic heterocycles. The number of nitrogens with one attached hydrogen (secondary N) is 1. The molecule has 9 nitrogen and oxygen atoms in total. The van der Waals surface area contributed by atoms with Crippen LogP contribution in [0.25, 0.3) is 0 Å². The molecule has 2 aliphatic heterocycles. The Bertz CT molecular complexity index is 1960. The summed E-state index contributed by atoms with van der Waals surface area (Å²) in [6.07, 6.45) is 0.687. The van der Waals surface area contributed by atoms with Crippen LogP contribution in [0.5, 0.6) is 5.75 Å². The van der Waals surface area contributed by atoms with E-state index >= 15 is 0 Å². The molecule has 0 spiro atoms. The number of non-ortho nitro benzene ring substituents is 1. The Hall–Kier alpha value is -3.64. The molecule has 3 heterocycles. The molecule has 2 saturated carbocycles. The normalized spacial score (nSPS) is 27.8. The number of imide groups is 1. The van der Waals surface area contributed by atoms with Gasteiger partial charge in [-0.05, 0) is 72.2 Å². The predicted molar refractivity (Wildman–Crippen MR) is 171 cm³/mol. The number of rotatable bonds is 6. The lowest BCUT2D eigenvalue weighted by Crippen LogP contribution is -2.42. The maximum atomic E-state index is 14.0. The van der Waals surface area contributed by atoms with Crippen LogP contribution in [0.15, 0.2) is 76.6 Å². The van der Waals surface area contributed by atoms with Gasteiger partial charge in [-0.25, -0.2) is 0 Å². The number of aromatic nitrogens is 1. The summed E-state index contributed by atoms with van der Waals surface area (Å²) in [4.78, 5) is 57.0. The third-order valence-electron chi connectivity index (χ3n) is 9.63. The molecule has 3 fully saturated rings. The van der Waals surface area contributed by atoms with Gasteiger partial charge in [0.15, 0.2) is 0 Å². The summed E-state index contributed by atoms with van der Waals surface area (Å²) in [6, 6.07) is 18.5. The van der Waals surface area contributed by atoms with Crippen LogP contribution < -0.4 is 14.5 Å². The van der Waals surface area contributed by atoms with Crippen molar-refractivity contribution in [2.45, 2.75) is 29.2 Å². The monoisotopic (exact) mass is 679 g/mol. The standard InChI is InChI=1S/C32H23Cl2N3O6S2/c33-15-4-6-17(7-5-15)36-30(38)25-20-12-21(26(25)31(36)39)27-24(20)23(28-29(44-27)35-32(40)45-28)19-11-18(37(41)42)8-9-22(19)43-13-14-2-1-3-16(34)10-14/h1-11,20-21,23-27H,12-13H2,(H,35,40)/t20-,21-,23?,24?,25?,26?,27?/m1/s1. The average molecular weight is 681 g/mol. The first-order valence-electron chi connectivity index (χ1n) is 14.4. The van der Waals surface area contributed by atoms with Gasteiger partial charge < -0.3 is 9.72 Å². The Morgan fingerprint density at radius 3 is 2.44 bits per heavy atom. The van der Waals surface area contributed by atoms with E-state index in [9.17, 15) is 24.5 Å². The number of anilines is 1. The number of aromatic amines is 1. The van der Waals surface area contributed by atoms with Crippen molar-refractivity contribution in [3.63, 3.8) is 0 Å². The molecule has 1 N–H and O–H groups in total. The van der Waals surface area contributed by atoms with Crippen molar-refractivity contribution >= 4 is 69.5 Å². The molecule has 2 aliphatic carbocycles. The van der Waals surface area contributed by atoms with Crippen molar-refractivity contribution in [3.05, 3.63) is 113 Å². The Labute approximate surface area is 274 Å². The van der Waals surface area contributed by atoms with E-state index in [2.05, 4.69) is 4.98 Å². The fourth-order valence-corrected chi connectivity index (χ4v) is 11.2. The number of hydrogen-bond acceptors (Lipinski definition) is 8. The van der Waals surface area contributed by atoms with Crippen molar-refractivity contribution in [3.8, 4) is 5.75 Å². The minimum Gasteiger partial charge on any atom is -0.489 e. The molecule has 8 rings (SSSR count). The molecule has 45 heavy (non-hydrogen) atoms. The van der Waals surface area contributed by atoms with E-state index in [1.807, 2.05) is 12.1 Å². The van der Waals surface area contributed by atoms with E-state index in [4.69, 9.17) is 27.9 Å². The molecule has 5 unspecified atom stereocenters. The average Bonchev–Trinajstić information content (AvgIpc) is 3.75. The van der Waals surface area contributed by atoms with Crippen molar-refractivity contribution in [2.24, 2.45) is 29.6 Å². The fourth-order valence-electron chi connectivity index (χ4n) is 8.02. The largest absolute Gasteiger partial charge is 0.489 e. The fraction of sp³-hybridized carbons (Fsp3) is 0.281. The number of carbonyl (C=O) groups is 2. The van der Waals surface area contributed by atoms with Crippen LogP contribution in [0, 0.1) is 39.7 Å². The first-order chi connectivity index (χ1) is 21.7. The molecule has 7 atom stereocenters. The van der Waals surface area contributed by atoms with Gasteiger partial charge in [0.1, 0.15) is 12.4 Å². The van der Waals surface area contributed by atoms with Gasteiger partial charge in [0, 0.05) is 43.8 Å². The summed E-state index contributed by atoms with van der Waals surface area (Å²) in [5.74, 6) is -1.84. The molecule has 13 heteroatoms. The Balaban J connectivity index is 1.22. The van der Waals surface area contributed by atoms with Crippen molar-refractivity contribution < 1.29 is 19.2 Å². The minimum absolute atomic E-state index is 0.0824. The molecule has 1 saturated heterocycles. The van der Waals surface area contributed by atoms with Gasteiger partial charge in [0.2, 0.25) is 11.8 Å². The Morgan fingerprint density at radius 2 is 1.71 bits per heavy atom. The molecule has 228 valence electrons. The third kappa shape index (κ3) is 4.54. The Morgan fingerprint density at radius 1 is 0.956 bits per heavy atom. The second-order valence-corrected chi connectivity index (χ2v) is 14.9. The van der Waals surface area contributed by atoms with Gasteiger partial charge in [-0.1, -0.05) is 46.7 Å². The zero-order valence-corrected chi connectivity index (χ0v) is 26.4. The summed E-state index contributed by atoms with van der Waals surface area (Å²) in [6.45, 7) is 0.178.